The third-order valence-electron chi connectivity index (χ3n) is 11.0. The first-order valence-corrected chi connectivity index (χ1v) is 28.4. The van der Waals surface area contributed by atoms with Crippen LogP contribution in [0.5, 0.6) is 11.5 Å². The molecule has 0 unspecified atom stereocenters. The maximum atomic E-state index is 6.94. The van der Waals surface area contributed by atoms with Crippen LogP contribution in [0, 0.1) is 0 Å². The number of benzene rings is 4. The normalized spacial score (nSPS) is 17.1. The molecule has 52 heavy (non-hydrogen) atoms. The Kier molecular flexibility index (Phi) is 10.5. The fourth-order valence-corrected chi connectivity index (χ4v) is 23.3. The van der Waals surface area contributed by atoms with Gasteiger partial charge in [0.05, 0.1) is 5.41 Å². The van der Waals surface area contributed by atoms with Gasteiger partial charge in [0, 0.05) is 30.8 Å². The summed E-state index contributed by atoms with van der Waals surface area (Å²) in [6, 6.07) is 34.1. The zero-order valence-corrected chi connectivity index (χ0v) is 35.7. The van der Waals surface area contributed by atoms with E-state index in [0.717, 1.165) is 43.6 Å². The predicted octanol–water partition coefficient (Wildman–Crippen LogP) is 10.3. The molecule has 0 atom stereocenters. The summed E-state index contributed by atoms with van der Waals surface area (Å²) >= 11 is 0. The van der Waals surface area contributed by atoms with E-state index in [1.807, 2.05) is 0 Å². The van der Waals surface area contributed by atoms with Gasteiger partial charge < -0.3 is 17.7 Å². The van der Waals surface area contributed by atoms with E-state index in [1.165, 1.54) is 63.4 Å². The van der Waals surface area contributed by atoms with E-state index in [1.54, 1.807) is 0 Å². The van der Waals surface area contributed by atoms with Crippen LogP contribution in [-0.4, -0.2) is 62.0 Å². The van der Waals surface area contributed by atoms with E-state index in [9.17, 15) is 0 Å². The van der Waals surface area contributed by atoms with Crippen LogP contribution in [0.15, 0.2) is 84.9 Å². The molecule has 276 valence electrons. The van der Waals surface area contributed by atoms with Crippen molar-refractivity contribution in [2.45, 2.75) is 96.1 Å². The van der Waals surface area contributed by atoms with E-state index in [2.05, 4.69) is 148 Å². The lowest BCUT2D eigenvalue weighted by molar-refractivity contribution is 0.0951. The molecule has 7 rings (SSSR count). The van der Waals surface area contributed by atoms with Gasteiger partial charge in [0.1, 0.15) is 25.0 Å². The lowest BCUT2D eigenvalue weighted by atomic mass is 9.67. The summed E-state index contributed by atoms with van der Waals surface area (Å²) in [6.45, 7) is 20.2. The van der Waals surface area contributed by atoms with Crippen molar-refractivity contribution in [3.8, 4) is 22.6 Å². The highest BCUT2D eigenvalue weighted by Crippen LogP contribution is 2.57. The van der Waals surface area contributed by atoms with Gasteiger partial charge in [0.2, 0.25) is 0 Å². The summed E-state index contributed by atoms with van der Waals surface area (Å²) in [5.74, 6) is 1.98. The molecule has 0 aromatic heterocycles. The molecule has 3 aliphatic rings. The van der Waals surface area contributed by atoms with Gasteiger partial charge in [-0.2, -0.15) is 0 Å². The van der Waals surface area contributed by atoms with Gasteiger partial charge in [-0.3, -0.25) is 9.80 Å². The quantitative estimate of drug-likeness (QED) is 0.112. The molecular weight excluding hydrogens is 693 g/mol. The Labute approximate surface area is 315 Å². The largest absolute Gasteiger partial charge is 0.478 e. The summed E-state index contributed by atoms with van der Waals surface area (Å²) in [4.78, 5) is 4.69. The smallest absolute Gasteiger partial charge is 0.311 e. The summed E-state index contributed by atoms with van der Waals surface area (Å²) < 4.78 is 26.3. The van der Waals surface area contributed by atoms with Crippen LogP contribution < -0.4 is 9.47 Å². The highest BCUT2D eigenvalue weighted by atomic mass is 28.5. The molecular formula is C43H58N2O4Si3. The first-order chi connectivity index (χ1) is 24.8. The monoisotopic (exact) mass is 750 g/mol. The van der Waals surface area contributed by atoms with Gasteiger partial charge in [0.25, 0.3) is 0 Å². The van der Waals surface area contributed by atoms with E-state index < -0.39 is 30.6 Å². The van der Waals surface area contributed by atoms with Gasteiger partial charge in [-0.1, -0.05) is 80.4 Å². The third-order valence-corrected chi connectivity index (χ3v) is 22.5. The van der Waals surface area contributed by atoms with Gasteiger partial charge >= 0.3 is 8.56 Å². The molecule has 4 aromatic carbocycles. The van der Waals surface area contributed by atoms with Crippen LogP contribution in [0.4, 0.5) is 0 Å². The van der Waals surface area contributed by atoms with Crippen LogP contribution in [0.3, 0.4) is 0 Å². The second-order valence-corrected chi connectivity index (χ2v) is 29.4. The molecule has 6 nitrogen and oxygen atoms in total. The molecule has 2 aliphatic heterocycles. The highest BCUT2D eigenvalue weighted by molar-refractivity contribution is 6.87. The van der Waals surface area contributed by atoms with E-state index in [0.29, 0.717) is 13.5 Å². The molecule has 0 spiro atoms. The van der Waals surface area contributed by atoms with Crippen molar-refractivity contribution >= 4 is 25.2 Å². The minimum absolute atomic E-state index is 0.463. The van der Waals surface area contributed by atoms with Crippen LogP contribution in [0.25, 0.3) is 11.1 Å². The van der Waals surface area contributed by atoms with Crippen LogP contribution in [-0.2, 0) is 26.7 Å². The Morgan fingerprint density at radius 1 is 0.654 bits per heavy atom. The first-order valence-electron chi connectivity index (χ1n) is 19.3. The molecule has 0 saturated carbocycles. The van der Waals surface area contributed by atoms with Crippen molar-refractivity contribution in [3.63, 3.8) is 0 Å². The summed E-state index contributed by atoms with van der Waals surface area (Å²) in [5, 5.41) is 0. The maximum Gasteiger partial charge on any atom is 0.311 e. The van der Waals surface area contributed by atoms with E-state index in [4.69, 9.17) is 17.7 Å². The molecule has 9 heteroatoms. The molecule has 0 fully saturated rings. The second-order valence-electron chi connectivity index (χ2n) is 16.9. The second kappa shape index (κ2) is 14.7. The van der Waals surface area contributed by atoms with Crippen molar-refractivity contribution in [1.29, 1.82) is 0 Å². The molecule has 0 radical (unpaired) electrons. The molecule has 1 aliphatic carbocycles. The number of hydrogen-bond donors (Lipinski definition) is 0. The number of nitrogens with zero attached hydrogens (tertiary/aromatic N) is 2. The van der Waals surface area contributed by atoms with Crippen molar-refractivity contribution in [2.24, 2.45) is 0 Å². The topological polar surface area (TPSA) is 43.4 Å². The van der Waals surface area contributed by atoms with Gasteiger partial charge in [-0.15, -0.1) is 0 Å². The van der Waals surface area contributed by atoms with Crippen LogP contribution in [0.2, 0.25) is 51.4 Å². The zero-order valence-electron chi connectivity index (χ0n) is 32.7. The lowest BCUT2D eigenvalue weighted by Crippen LogP contribution is -2.52. The van der Waals surface area contributed by atoms with E-state index >= 15 is 0 Å². The minimum Gasteiger partial charge on any atom is -0.478 e. The average molecular weight is 751 g/mol. The van der Waals surface area contributed by atoms with Gasteiger partial charge in [0.15, 0.2) is 16.6 Å². The molecule has 0 amide bonds. The van der Waals surface area contributed by atoms with Crippen LogP contribution >= 0.6 is 0 Å². The number of ether oxygens (including phenoxy) is 2. The fraction of sp³-hybridized carbons (Fsp3) is 0.442. The summed E-state index contributed by atoms with van der Waals surface area (Å²) in [7, 11) is -3.70. The number of unbranched alkanes of at least 4 members (excludes halogenated alkanes) is 1. The van der Waals surface area contributed by atoms with Crippen molar-refractivity contribution in [2.75, 3.05) is 27.1 Å². The van der Waals surface area contributed by atoms with Gasteiger partial charge in [-0.05, 0) is 122 Å². The minimum atomic E-state index is -2.20. The Morgan fingerprint density at radius 3 is 1.75 bits per heavy atom. The number of fused-ring (bicyclic) bond motifs is 5. The number of hydrogen-bond acceptors (Lipinski definition) is 6. The number of rotatable bonds is 13. The Morgan fingerprint density at radius 2 is 1.17 bits per heavy atom. The van der Waals surface area contributed by atoms with E-state index in [-0.39, 0.29) is 0 Å². The maximum absolute atomic E-state index is 6.94. The lowest BCUT2D eigenvalue weighted by Gasteiger charge is -2.39. The standard InChI is InChI=1S/C43H58N2O4Si3/c1-9-10-25-50(3,4)48-52(7,8)49-51(5,6)26-15-24-45-30-34-28-36(21-23-42(34)47-32-45)43(35-20-22-41-33(27-35)29-44(2)31-46-41)39-18-13-11-16-37(39)38-17-12-14-19-40(38)43/h11-14,16-23,27-28H,9-10,15,24-26,29-32H2,1-8H3. The molecule has 2 heterocycles. The zero-order chi connectivity index (χ0) is 36.7. The Hall–Kier alpha value is -3.03. The molecule has 0 saturated heterocycles. The Balaban J connectivity index is 1.14. The highest BCUT2D eigenvalue weighted by Gasteiger charge is 2.47. The molecule has 0 N–H and O–H groups in total. The molecule has 0 bridgehead atoms. The van der Waals surface area contributed by atoms with Gasteiger partial charge in [-0.25, -0.2) is 0 Å². The predicted molar refractivity (Wildman–Crippen MR) is 220 cm³/mol. The third kappa shape index (κ3) is 7.51. The van der Waals surface area contributed by atoms with Crippen molar-refractivity contribution in [1.82, 2.24) is 9.80 Å². The average Bonchev–Trinajstić information content (AvgIpc) is 3.40. The van der Waals surface area contributed by atoms with Crippen molar-refractivity contribution in [3.05, 3.63) is 118 Å². The first kappa shape index (κ1) is 37.3. The Bertz CT molecular complexity index is 1870. The summed E-state index contributed by atoms with van der Waals surface area (Å²) in [5.41, 5.74) is 9.83. The summed E-state index contributed by atoms with van der Waals surface area (Å²) in [6.07, 6.45) is 3.56. The SMILES string of the molecule is CCCC[Si](C)(C)O[Si](C)(C)O[Si](C)(C)CCCN1COc2ccc(C3(c4ccc5c(c4)CN(C)CO5)c4ccccc4-c4ccccc43)cc2C1. The van der Waals surface area contributed by atoms with Crippen molar-refractivity contribution < 1.29 is 17.7 Å². The fourth-order valence-electron chi connectivity index (χ4n) is 9.07. The van der Waals surface area contributed by atoms with Crippen LogP contribution in [0.1, 0.15) is 59.6 Å². The molecule has 4 aromatic rings.